The Kier molecular flexibility index (Phi) is 4.64. The quantitative estimate of drug-likeness (QED) is 0.861. The van der Waals surface area contributed by atoms with Crippen LogP contribution in [0.5, 0.6) is 0 Å². The first-order valence-corrected chi connectivity index (χ1v) is 7.24. The maximum atomic E-state index is 11.5. The van der Waals surface area contributed by atoms with Gasteiger partial charge in [-0.15, -0.1) is 0 Å². The number of hydrogen-bond acceptors (Lipinski definition) is 1. The van der Waals surface area contributed by atoms with Crippen molar-refractivity contribution in [1.82, 2.24) is 10.6 Å². The van der Waals surface area contributed by atoms with Crippen LogP contribution in [0.3, 0.4) is 0 Å². The van der Waals surface area contributed by atoms with Gasteiger partial charge in [0.25, 0.3) is 0 Å². The molecule has 1 aliphatic carbocycles. The lowest BCUT2D eigenvalue weighted by Gasteiger charge is -2.14. The normalized spacial score (nSPS) is 16.1. The molecule has 98 valence electrons. The topological polar surface area (TPSA) is 41.1 Å². The molecular weight excluding hydrogens is 292 g/mol. The van der Waals surface area contributed by atoms with E-state index in [-0.39, 0.29) is 12.1 Å². The van der Waals surface area contributed by atoms with E-state index in [2.05, 4.69) is 38.7 Å². The van der Waals surface area contributed by atoms with Gasteiger partial charge in [0.05, 0.1) is 0 Å². The Morgan fingerprint density at radius 1 is 1.39 bits per heavy atom. The zero-order valence-electron chi connectivity index (χ0n) is 10.6. The minimum absolute atomic E-state index is 0.0270. The zero-order valence-corrected chi connectivity index (χ0v) is 12.2. The maximum Gasteiger partial charge on any atom is 0.315 e. The van der Waals surface area contributed by atoms with Crippen molar-refractivity contribution >= 4 is 22.0 Å². The van der Waals surface area contributed by atoms with Crippen molar-refractivity contribution in [3.8, 4) is 0 Å². The molecule has 1 aromatic carbocycles. The predicted molar refractivity (Wildman–Crippen MR) is 76.6 cm³/mol. The number of carbonyl (C=O) groups excluding carboxylic acids is 1. The molecule has 1 fully saturated rings. The average molecular weight is 311 g/mol. The Morgan fingerprint density at radius 3 is 2.67 bits per heavy atom. The molecule has 2 amide bonds. The molecule has 0 aliphatic heterocycles. The van der Waals surface area contributed by atoms with Crippen LogP contribution >= 0.6 is 15.9 Å². The van der Waals surface area contributed by atoms with Crippen molar-refractivity contribution < 1.29 is 4.79 Å². The van der Waals surface area contributed by atoms with Crippen LogP contribution in [0.4, 0.5) is 4.79 Å². The third-order valence-electron chi connectivity index (χ3n) is 3.07. The van der Waals surface area contributed by atoms with E-state index in [1.165, 1.54) is 5.56 Å². The van der Waals surface area contributed by atoms with Crippen LogP contribution in [0.1, 0.15) is 31.7 Å². The molecule has 0 radical (unpaired) electrons. The van der Waals surface area contributed by atoms with E-state index < -0.39 is 0 Å². The second-order valence-electron chi connectivity index (χ2n) is 4.96. The Morgan fingerprint density at radius 2 is 2.06 bits per heavy atom. The van der Waals surface area contributed by atoms with E-state index in [1.54, 1.807) is 0 Å². The molecule has 0 aromatic heterocycles. The molecule has 0 bridgehead atoms. The van der Waals surface area contributed by atoms with Gasteiger partial charge in [-0.1, -0.05) is 28.1 Å². The molecule has 1 unspecified atom stereocenters. The van der Waals surface area contributed by atoms with E-state index in [4.69, 9.17) is 0 Å². The molecule has 3 nitrogen and oxygen atoms in total. The number of urea groups is 1. The number of rotatable bonds is 5. The van der Waals surface area contributed by atoms with Gasteiger partial charge in [-0.05, 0) is 50.3 Å². The van der Waals surface area contributed by atoms with Crippen molar-refractivity contribution in [1.29, 1.82) is 0 Å². The fraction of sp³-hybridized carbons (Fsp3) is 0.500. The van der Waals surface area contributed by atoms with Crippen molar-refractivity contribution in [3.05, 3.63) is 34.3 Å². The number of amides is 2. The Balaban J connectivity index is 1.68. The van der Waals surface area contributed by atoms with Gasteiger partial charge in [-0.3, -0.25) is 0 Å². The van der Waals surface area contributed by atoms with E-state index >= 15 is 0 Å². The first kappa shape index (κ1) is 13.4. The Hall–Kier alpha value is -1.03. The molecule has 2 N–H and O–H groups in total. The largest absolute Gasteiger partial charge is 0.336 e. The molecule has 4 heteroatoms. The van der Waals surface area contributed by atoms with Crippen molar-refractivity contribution in [2.75, 3.05) is 0 Å². The van der Waals surface area contributed by atoms with Gasteiger partial charge >= 0.3 is 6.03 Å². The first-order chi connectivity index (χ1) is 8.63. The lowest BCUT2D eigenvalue weighted by Crippen LogP contribution is -2.41. The SMILES string of the molecule is CC(CCc1ccc(Br)cc1)NC(=O)NC1CC1. The highest BCUT2D eigenvalue weighted by Gasteiger charge is 2.23. The summed E-state index contributed by atoms with van der Waals surface area (Å²) in [6.45, 7) is 2.05. The van der Waals surface area contributed by atoms with Crippen LogP contribution in [0, 0.1) is 0 Å². The van der Waals surface area contributed by atoms with Crippen molar-refractivity contribution in [3.63, 3.8) is 0 Å². The number of halogens is 1. The summed E-state index contributed by atoms with van der Waals surface area (Å²) in [5, 5.41) is 5.91. The summed E-state index contributed by atoms with van der Waals surface area (Å²) in [6.07, 6.45) is 4.19. The highest BCUT2D eigenvalue weighted by atomic mass is 79.9. The van der Waals surface area contributed by atoms with Gasteiger partial charge in [0, 0.05) is 16.6 Å². The molecule has 2 rings (SSSR count). The lowest BCUT2D eigenvalue weighted by molar-refractivity contribution is 0.237. The monoisotopic (exact) mass is 310 g/mol. The smallest absolute Gasteiger partial charge is 0.315 e. The van der Waals surface area contributed by atoms with Crippen molar-refractivity contribution in [2.24, 2.45) is 0 Å². The number of benzene rings is 1. The van der Waals surface area contributed by atoms with Gasteiger partial charge in [0.1, 0.15) is 0 Å². The number of aryl methyl sites for hydroxylation is 1. The molecule has 1 aromatic rings. The van der Waals surface area contributed by atoms with Crippen LogP contribution in [-0.2, 0) is 6.42 Å². The summed E-state index contributed by atoms with van der Waals surface area (Å²) < 4.78 is 1.10. The number of carbonyl (C=O) groups is 1. The van der Waals surface area contributed by atoms with Crippen molar-refractivity contribution in [2.45, 2.75) is 44.7 Å². The minimum Gasteiger partial charge on any atom is -0.336 e. The standard InChI is InChI=1S/C14H19BrN2O/c1-10(16-14(18)17-13-8-9-13)2-3-11-4-6-12(15)7-5-11/h4-7,10,13H,2-3,8-9H2,1H3,(H2,16,17,18). The second-order valence-corrected chi connectivity index (χ2v) is 5.87. The predicted octanol–water partition coefficient (Wildman–Crippen LogP) is 3.23. The van der Waals surface area contributed by atoms with Gasteiger partial charge in [0.2, 0.25) is 0 Å². The molecule has 0 saturated heterocycles. The summed E-state index contributed by atoms with van der Waals surface area (Å²) in [6, 6.07) is 8.92. The number of hydrogen-bond donors (Lipinski definition) is 2. The summed E-state index contributed by atoms with van der Waals surface area (Å²) in [5.41, 5.74) is 1.30. The summed E-state index contributed by atoms with van der Waals surface area (Å²) in [5.74, 6) is 0. The molecular formula is C14H19BrN2O. The van der Waals surface area contributed by atoms with Gasteiger partial charge in [0.15, 0.2) is 0 Å². The van der Waals surface area contributed by atoms with Gasteiger partial charge < -0.3 is 10.6 Å². The Labute approximate surface area is 116 Å². The molecule has 18 heavy (non-hydrogen) atoms. The fourth-order valence-corrected chi connectivity index (χ4v) is 2.05. The second kappa shape index (κ2) is 6.23. The summed E-state index contributed by atoms with van der Waals surface area (Å²) in [4.78, 5) is 11.5. The Bertz CT molecular complexity index is 401. The van der Waals surface area contributed by atoms with Crippen LogP contribution in [0.2, 0.25) is 0 Å². The van der Waals surface area contributed by atoms with Gasteiger partial charge in [-0.25, -0.2) is 4.79 Å². The highest BCUT2D eigenvalue weighted by Crippen LogP contribution is 2.18. The van der Waals surface area contributed by atoms with E-state index in [0.29, 0.717) is 6.04 Å². The summed E-state index contributed by atoms with van der Waals surface area (Å²) in [7, 11) is 0. The van der Waals surface area contributed by atoms with Gasteiger partial charge in [-0.2, -0.15) is 0 Å². The van der Waals surface area contributed by atoms with Crippen LogP contribution in [0.15, 0.2) is 28.7 Å². The van der Waals surface area contributed by atoms with E-state index in [9.17, 15) is 4.79 Å². The number of nitrogens with one attached hydrogen (secondary N) is 2. The van der Waals surface area contributed by atoms with Crippen LogP contribution < -0.4 is 10.6 Å². The molecule has 1 atom stereocenters. The zero-order chi connectivity index (χ0) is 13.0. The first-order valence-electron chi connectivity index (χ1n) is 6.45. The summed E-state index contributed by atoms with van der Waals surface area (Å²) >= 11 is 3.42. The highest BCUT2D eigenvalue weighted by molar-refractivity contribution is 9.10. The van der Waals surface area contributed by atoms with E-state index in [0.717, 1.165) is 30.2 Å². The minimum atomic E-state index is -0.0270. The third kappa shape index (κ3) is 4.69. The maximum absolute atomic E-state index is 11.5. The molecule has 1 saturated carbocycles. The molecule has 1 aliphatic rings. The molecule has 0 heterocycles. The van der Waals surface area contributed by atoms with E-state index in [1.807, 2.05) is 19.1 Å². The molecule has 0 spiro atoms. The fourth-order valence-electron chi connectivity index (χ4n) is 1.78. The lowest BCUT2D eigenvalue weighted by atomic mass is 10.1. The van der Waals surface area contributed by atoms with Crippen LogP contribution in [-0.4, -0.2) is 18.1 Å². The van der Waals surface area contributed by atoms with Crippen LogP contribution in [0.25, 0.3) is 0 Å². The average Bonchev–Trinajstić information content (AvgIpc) is 3.12. The third-order valence-corrected chi connectivity index (χ3v) is 3.60.